The predicted octanol–water partition coefficient (Wildman–Crippen LogP) is 0.710. The number of halogens is 3. The Kier molecular flexibility index (Phi) is 3.89. The number of carbonyl (C=O) groups is 1. The van der Waals surface area contributed by atoms with Gasteiger partial charge in [-0.15, -0.1) is 0 Å². The van der Waals surface area contributed by atoms with Crippen LogP contribution in [0.2, 0.25) is 0 Å². The second kappa shape index (κ2) is 4.74. The average Bonchev–Trinajstić information content (AvgIpc) is 2.56. The molecule has 0 aromatic carbocycles. The molecule has 1 atom stereocenters. The first-order chi connectivity index (χ1) is 8.83. The zero-order valence-electron chi connectivity index (χ0n) is 10.7. The number of hydrogen-bond donors (Lipinski definition) is 3. The summed E-state index contributed by atoms with van der Waals surface area (Å²) in [4.78, 5) is 10.3. The van der Waals surface area contributed by atoms with Crippen molar-refractivity contribution in [3.63, 3.8) is 0 Å². The van der Waals surface area contributed by atoms with Crippen molar-refractivity contribution < 1.29 is 31.5 Å². The number of rotatable bonds is 4. The maximum absolute atomic E-state index is 12.8. The molecule has 0 spiro atoms. The fourth-order valence-electron chi connectivity index (χ4n) is 1.48. The minimum Gasteiger partial charge on any atom is -0.480 e. The molecule has 1 heterocycles. The summed E-state index contributed by atoms with van der Waals surface area (Å²) in [6, 6.07) is 0. The van der Waals surface area contributed by atoms with Gasteiger partial charge in [-0.25, -0.2) is 13.2 Å². The fraction of sp³-hybridized carbons (Fsp3) is 0.556. The van der Waals surface area contributed by atoms with Gasteiger partial charge in [-0.1, -0.05) is 0 Å². The third-order valence-corrected chi connectivity index (χ3v) is 4.48. The Morgan fingerprint density at radius 2 is 1.85 bits per heavy atom. The van der Waals surface area contributed by atoms with Crippen LogP contribution in [0, 0.1) is 13.8 Å². The Labute approximate surface area is 112 Å². The van der Waals surface area contributed by atoms with Gasteiger partial charge in [0, 0.05) is 0 Å². The van der Waals surface area contributed by atoms with Gasteiger partial charge in [-0.05, 0) is 20.8 Å². The lowest BCUT2D eigenvalue weighted by Crippen LogP contribution is -2.61. The molecule has 1 aromatic rings. The molecule has 0 saturated carbocycles. The number of aryl methyl sites for hydroxylation is 2. The molecule has 0 radical (unpaired) electrons. The van der Waals surface area contributed by atoms with E-state index in [1.54, 1.807) is 0 Å². The van der Waals surface area contributed by atoms with E-state index < -0.39 is 32.6 Å². The highest BCUT2D eigenvalue weighted by molar-refractivity contribution is 7.89. The number of H-pyrrole nitrogens is 1. The van der Waals surface area contributed by atoms with Crippen LogP contribution in [0.4, 0.5) is 13.2 Å². The SMILES string of the molecule is Cc1n[nH]c(C)c1S(=O)(=O)NC(C)(C(=O)O)C(F)(F)F. The summed E-state index contributed by atoms with van der Waals surface area (Å²) in [7, 11) is -4.71. The number of nitrogens with zero attached hydrogens (tertiary/aromatic N) is 1. The van der Waals surface area contributed by atoms with Gasteiger partial charge in [-0.3, -0.25) is 5.10 Å². The maximum Gasteiger partial charge on any atom is 0.418 e. The number of alkyl halides is 3. The number of carboxylic acid groups (broad SMARTS) is 1. The predicted molar refractivity (Wildman–Crippen MR) is 60.5 cm³/mol. The van der Waals surface area contributed by atoms with Crippen LogP contribution in [0.3, 0.4) is 0 Å². The summed E-state index contributed by atoms with van der Waals surface area (Å²) < 4.78 is 63.5. The lowest BCUT2D eigenvalue weighted by atomic mass is 10.0. The quantitative estimate of drug-likeness (QED) is 0.757. The zero-order chi connectivity index (χ0) is 15.9. The van der Waals surface area contributed by atoms with E-state index in [9.17, 15) is 26.4 Å². The highest BCUT2D eigenvalue weighted by Gasteiger charge is 2.59. The molecule has 0 fully saturated rings. The standard InChI is InChI=1S/C9H12F3N3O4S/c1-4-6(5(2)14-13-4)20(18,19)15-8(3,7(16)17)9(10,11)12/h15H,1-3H3,(H,13,14)(H,16,17). The number of nitrogens with one attached hydrogen (secondary N) is 2. The van der Waals surface area contributed by atoms with Crippen LogP contribution in [0.15, 0.2) is 4.90 Å². The van der Waals surface area contributed by atoms with Crippen LogP contribution >= 0.6 is 0 Å². The van der Waals surface area contributed by atoms with Crippen LogP contribution in [-0.2, 0) is 14.8 Å². The molecule has 114 valence electrons. The Bertz CT molecular complexity index is 618. The molecular formula is C9H12F3N3O4S. The highest BCUT2D eigenvalue weighted by Crippen LogP contribution is 2.32. The van der Waals surface area contributed by atoms with Crippen molar-refractivity contribution in [3.8, 4) is 0 Å². The first-order valence-electron chi connectivity index (χ1n) is 5.18. The molecule has 11 heteroatoms. The van der Waals surface area contributed by atoms with Gasteiger partial charge < -0.3 is 5.11 Å². The maximum atomic E-state index is 12.8. The molecule has 1 aromatic heterocycles. The normalized spacial score (nSPS) is 15.9. The number of aliphatic carboxylic acids is 1. The molecule has 0 saturated heterocycles. The van der Waals surface area contributed by atoms with E-state index in [0.717, 1.165) is 0 Å². The largest absolute Gasteiger partial charge is 0.480 e. The Hall–Kier alpha value is -1.62. The minimum absolute atomic E-state index is 0.00455. The summed E-state index contributed by atoms with van der Waals surface area (Å²) in [5, 5.41) is 14.5. The minimum atomic E-state index is -5.31. The number of carboxylic acids is 1. The lowest BCUT2D eigenvalue weighted by molar-refractivity contribution is -0.201. The third kappa shape index (κ3) is 2.63. The van der Waals surface area contributed by atoms with E-state index in [1.165, 1.54) is 18.6 Å². The zero-order valence-corrected chi connectivity index (χ0v) is 11.5. The van der Waals surface area contributed by atoms with E-state index in [2.05, 4.69) is 10.2 Å². The molecule has 1 rings (SSSR count). The third-order valence-electron chi connectivity index (χ3n) is 2.66. The summed E-state index contributed by atoms with van der Waals surface area (Å²) in [6.45, 7) is 2.79. The van der Waals surface area contributed by atoms with Crippen molar-refractivity contribution in [3.05, 3.63) is 11.4 Å². The molecule has 1 unspecified atom stereocenters. The van der Waals surface area contributed by atoms with Gasteiger partial charge in [0.25, 0.3) is 0 Å². The molecular weight excluding hydrogens is 303 g/mol. The summed E-state index contributed by atoms with van der Waals surface area (Å²) in [6.07, 6.45) is -5.31. The van der Waals surface area contributed by atoms with E-state index in [4.69, 9.17) is 5.11 Å². The van der Waals surface area contributed by atoms with Gasteiger partial charge in [-0.2, -0.15) is 23.0 Å². The van der Waals surface area contributed by atoms with Crippen molar-refractivity contribution in [2.75, 3.05) is 0 Å². The van der Waals surface area contributed by atoms with Crippen LogP contribution in [0.25, 0.3) is 0 Å². The molecule has 0 aliphatic carbocycles. The Morgan fingerprint density at radius 1 is 1.35 bits per heavy atom. The van der Waals surface area contributed by atoms with Crippen LogP contribution in [0.1, 0.15) is 18.3 Å². The van der Waals surface area contributed by atoms with Crippen molar-refractivity contribution in [1.29, 1.82) is 0 Å². The van der Waals surface area contributed by atoms with E-state index in [0.29, 0.717) is 0 Å². The molecule has 3 N–H and O–H groups in total. The fourth-order valence-corrected chi connectivity index (χ4v) is 3.20. The lowest BCUT2D eigenvalue weighted by Gasteiger charge is -2.28. The van der Waals surface area contributed by atoms with Crippen LogP contribution in [0.5, 0.6) is 0 Å². The molecule has 0 bridgehead atoms. The molecule has 20 heavy (non-hydrogen) atoms. The van der Waals surface area contributed by atoms with Crippen molar-refractivity contribution in [2.24, 2.45) is 0 Å². The first-order valence-corrected chi connectivity index (χ1v) is 6.67. The van der Waals surface area contributed by atoms with Crippen molar-refractivity contribution in [2.45, 2.75) is 37.4 Å². The molecule has 0 aliphatic heterocycles. The topological polar surface area (TPSA) is 112 Å². The molecule has 0 aliphatic rings. The van der Waals surface area contributed by atoms with Crippen LogP contribution in [-0.4, -0.2) is 41.4 Å². The monoisotopic (exact) mass is 315 g/mol. The number of aromatic amines is 1. The smallest absolute Gasteiger partial charge is 0.418 e. The summed E-state index contributed by atoms with van der Waals surface area (Å²) in [5.41, 5.74) is -3.70. The number of aromatic nitrogens is 2. The van der Waals surface area contributed by atoms with Crippen molar-refractivity contribution in [1.82, 2.24) is 14.9 Å². The average molecular weight is 315 g/mol. The second-order valence-electron chi connectivity index (χ2n) is 4.30. The summed E-state index contributed by atoms with van der Waals surface area (Å²) in [5.74, 6) is -2.35. The Morgan fingerprint density at radius 3 is 2.15 bits per heavy atom. The van der Waals surface area contributed by atoms with Gasteiger partial charge in [0.2, 0.25) is 15.6 Å². The molecule has 7 nitrogen and oxygen atoms in total. The van der Waals surface area contributed by atoms with Gasteiger partial charge in [0.1, 0.15) is 4.90 Å². The van der Waals surface area contributed by atoms with Gasteiger partial charge in [0.15, 0.2) is 0 Å². The van der Waals surface area contributed by atoms with Gasteiger partial charge in [0.05, 0.1) is 11.4 Å². The highest BCUT2D eigenvalue weighted by atomic mass is 32.2. The van der Waals surface area contributed by atoms with E-state index in [1.807, 2.05) is 0 Å². The van der Waals surface area contributed by atoms with Crippen molar-refractivity contribution >= 4 is 16.0 Å². The van der Waals surface area contributed by atoms with Crippen LogP contribution < -0.4 is 4.72 Å². The summed E-state index contributed by atoms with van der Waals surface area (Å²) >= 11 is 0. The molecule has 0 amide bonds. The number of sulfonamides is 1. The van der Waals surface area contributed by atoms with Gasteiger partial charge >= 0.3 is 12.1 Å². The Balaban J connectivity index is 3.36. The van der Waals surface area contributed by atoms with E-state index >= 15 is 0 Å². The first kappa shape index (κ1) is 16.4. The second-order valence-corrected chi connectivity index (χ2v) is 5.92. The number of hydrogen-bond acceptors (Lipinski definition) is 4. The van der Waals surface area contributed by atoms with E-state index in [-0.39, 0.29) is 18.3 Å².